The van der Waals surface area contributed by atoms with Crippen LogP contribution < -0.4 is 5.32 Å². The number of nitrogens with one attached hydrogen (secondary N) is 1. The maximum absolute atomic E-state index is 13.1. The number of rotatable bonds is 5. The molecule has 9 heteroatoms. The number of hydrogen-bond donors (Lipinski definition) is 1. The fourth-order valence-corrected chi connectivity index (χ4v) is 4.93. The summed E-state index contributed by atoms with van der Waals surface area (Å²) in [5.41, 5.74) is 1.35. The predicted octanol–water partition coefficient (Wildman–Crippen LogP) is 1.94. The van der Waals surface area contributed by atoms with Crippen molar-refractivity contribution in [1.82, 2.24) is 24.6 Å². The minimum Gasteiger partial charge on any atom is -0.354 e. The molecule has 1 atom stereocenters. The fraction of sp³-hybridized carbons (Fsp3) is 0.611. The summed E-state index contributed by atoms with van der Waals surface area (Å²) in [4.78, 5) is 12.5. The maximum Gasteiger partial charge on any atom is 0.243 e. The quantitative estimate of drug-likeness (QED) is 0.837. The van der Waals surface area contributed by atoms with E-state index in [-0.39, 0.29) is 35.3 Å². The Kier molecular flexibility index (Phi) is 5.53. The highest BCUT2D eigenvalue weighted by molar-refractivity contribution is 7.89. The number of hydrogen-bond acceptors (Lipinski definition) is 5. The van der Waals surface area contributed by atoms with Crippen LogP contribution in [0.2, 0.25) is 0 Å². The summed E-state index contributed by atoms with van der Waals surface area (Å²) >= 11 is 0. The zero-order valence-electron chi connectivity index (χ0n) is 16.2. The molecule has 1 saturated heterocycles. The molecule has 1 aromatic carbocycles. The highest BCUT2D eigenvalue weighted by atomic mass is 32.2. The Morgan fingerprint density at radius 3 is 2.67 bits per heavy atom. The van der Waals surface area contributed by atoms with Crippen molar-refractivity contribution in [2.45, 2.75) is 57.5 Å². The van der Waals surface area contributed by atoms with Crippen LogP contribution in [-0.4, -0.2) is 52.8 Å². The van der Waals surface area contributed by atoms with Gasteiger partial charge in [-0.2, -0.15) is 4.31 Å². The van der Waals surface area contributed by atoms with Crippen molar-refractivity contribution >= 4 is 27.0 Å². The molecule has 3 rings (SSSR count). The Morgan fingerprint density at radius 2 is 2.00 bits per heavy atom. The van der Waals surface area contributed by atoms with Crippen LogP contribution in [-0.2, 0) is 14.8 Å². The van der Waals surface area contributed by atoms with E-state index in [0.29, 0.717) is 24.9 Å². The van der Waals surface area contributed by atoms with Crippen LogP contribution in [0.4, 0.5) is 0 Å². The van der Waals surface area contributed by atoms with E-state index in [4.69, 9.17) is 0 Å². The van der Waals surface area contributed by atoms with Crippen LogP contribution in [0.1, 0.15) is 46.6 Å². The molecular formula is C18H27N5O3S. The molecular weight excluding hydrogens is 366 g/mol. The third-order valence-corrected chi connectivity index (χ3v) is 6.62. The third-order valence-electron chi connectivity index (χ3n) is 4.76. The summed E-state index contributed by atoms with van der Waals surface area (Å²) in [5.74, 6) is -0.401. The lowest BCUT2D eigenvalue weighted by Crippen LogP contribution is -2.46. The first-order valence-electron chi connectivity index (χ1n) is 9.35. The monoisotopic (exact) mass is 393 g/mol. The van der Waals surface area contributed by atoms with Crippen LogP contribution in [0.3, 0.4) is 0 Å². The van der Waals surface area contributed by atoms with E-state index in [1.165, 1.54) is 4.31 Å². The molecule has 1 aromatic heterocycles. The minimum absolute atomic E-state index is 0.0375. The molecule has 0 spiro atoms. The number of fused-ring (bicyclic) bond motifs is 1. The second-order valence-electron chi connectivity index (χ2n) is 7.64. The molecule has 8 nitrogen and oxygen atoms in total. The third kappa shape index (κ3) is 3.98. The first-order chi connectivity index (χ1) is 12.7. The van der Waals surface area contributed by atoms with E-state index in [1.54, 1.807) is 22.9 Å². The Hall–Kier alpha value is -2.00. The first kappa shape index (κ1) is 19.8. The Labute approximate surface area is 160 Å². The van der Waals surface area contributed by atoms with Gasteiger partial charge in [-0.25, -0.2) is 13.1 Å². The Morgan fingerprint density at radius 1 is 1.26 bits per heavy atom. The van der Waals surface area contributed by atoms with Crippen molar-refractivity contribution in [1.29, 1.82) is 0 Å². The summed E-state index contributed by atoms with van der Waals surface area (Å²) < 4.78 is 29.4. The van der Waals surface area contributed by atoms with E-state index in [0.717, 1.165) is 5.52 Å². The average Bonchev–Trinajstić information content (AvgIpc) is 3.04. The van der Waals surface area contributed by atoms with Crippen molar-refractivity contribution in [3.8, 4) is 0 Å². The molecule has 0 bridgehead atoms. The molecule has 1 N–H and O–H groups in total. The highest BCUT2D eigenvalue weighted by Crippen LogP contribution is 2.26. The lowest BCUT2D eigenvalue weighted by atomic mass is 9.98. The van der Waals surface area contributed by atoms with Gasteiger partial charge in [0.1, 0.15) is 5.52 Å². The minimum atomic E-state index is -3.68. The van der Waals surface area contributed by atoms with E-state index >= 15 is 0 Å². The van der Waals surface area contributed by atoms with Gasteiger partial charge in [-0.1, -0.05) is 5.21 Å². The molecule has 1 unspecified atom stereocenters. The molecule has 1 aliphatic rings. The summed E-state index contributed by atoms with van der Waals surface area (Å²) in [6.45, 7) is 8.41. The van der Waals surface area contributed by atoms with Crippen LogP contribution >= 0.6 is 0 Å². The lowest BCUT2D eigenvalue weighted by Gasteiger charge is -2.31. The van der Waals surface area contributed by atoms with E-state index in [1.807, 2.05) is 27.7 Å². The summed E-state index contributed by atoms with van der Waals surface area (Å²) in [5, 5.41) is 11.1. The van der Waals surface area contributed by atoms with Gasteiger partial charge in [-0.15, -0.1) is 5.10 Å². The van der Waals surface area contributed by atoms with E-state index in [9.17, 15) is 13.2 Å². The number of nitrogens with zero attached hydrogens (tertiary/aromatic N) is 4. The number of piperidine rings is 1. The number of amides is 1. The van der Waals surface area contributed by atoms with Gasteiger partial charge >= 0.3 is 0 Å². The predicted molar refractivity (Wildman–Crippen MR) is 103 cm³/mol. The van der Waals surface area contributed by atoms with Crippen molar-refractivity contribution < 1.29 is 13.2 Å². The Balaban J connectivity index is 1.85. The van der Waals surface area contributed by atoms with Crippen LogP contribution in [0.15, 0.2) is 23.1 Å². The molecule has 2 heterocycles. The summed E-state index contributed by atoms with van der Waals surface area (Å²) in [6, 6.07) is 5.08. The SMILES string of the molecule is CC(C)NC(=O)C1CCCN(S(=O)(=O)c2ccc3c(c2)nnn3C(C)C)C1. The second kappa shape index (κ2) is 7.55. The number of carbonyl (C=O) groups excluding carboxylic acids is 1. The summed E-state index contributed by atoms with van der Waals surface area (Å²) in [6.07, 6.45) is 1.37. The number of carbonyl (C=O) groups is 1. The second-order valence-corrected chi connectivity index (χ2v) is 9.58. The van der Waals surface area contributed by atoms with Crippen LogP contribution in [0.5, 0.6) is 0 Å². The first-order valence-corrected chi connectivity index (χ1v) is 10.8. The molecule has 1 aliphatic heterocycles. The van der Waals surface area contributed by atoms with Crippen molar-refractivity contribution in [3.63, 3.8) is 0 Å². The van der Waals surface area contributed by atoms with E-state index < -0.39 is 10.0 Å². The van der Waals surface area contributed by atoms with Gasteiger partial charge in [0.25, 0.3) is 0 Å². The number of aromatic nitrogens is 3. The fourth-order valence-electron chi connectivity index (χ4n) is 3.39. The highest BCUT2D eigenvalue weighted by Gasteiger charge is 2.33. The largest absolute Gasteiger partial charge is 0.354 e. The maximum atomic E-state index is 13.1. The molecule has 1 fully saturated rings. The lowest BCUT2D eigenvalue weighted by molar-refractivity contribution is -0.126. The molecule has 0 saturated carbocycles. The smallest absolute Gasteiger partial charge is 0.243 e. The molecule has 0 radical (unpaired) electrons. The molecule has 0 aliphatic carbocycles. The zero-order chi connectivity index (χ0) is 19.8. The molecule has 148 valence electrons. The normalized spacial score (nSPS) is 19.1. The molecule has 1 amide bonds. The molecule has 27 heavy (non-hydrogen) atoms. The zero-order valence-corrected chi connectivity index (χ0v) is 17.0. The average molecular weight is 394 g/mol. The number of benzene rings is 1. The topological polar surface area (TPSA) is 97.2 Å². The molecule has 2 aromatic rings. The Bertz CT molecular complexity index is 936. The van der Waals surface area contributed by atoms with Gasteiger partial charge in [0.2, 0.25) is 15.9 Å². The number of sulfonamides is 1. The van der Waals surface area contributed by atoms with Gasteiger partial charge in [0, 0.05) is 25.2 Å². The van der Waals surface area contributed by atoms with Gasteiger partial charge in [0.05, 0.1) is 16.3 Å². The van der Waals surface area contributed by atoms with Gasteiger partial charge in [0.15, 0.2) is 0 Å². The van der Waals surface area contributed by atoms with Gasteiger partial charge in [-0.05, 0) is 58.7 Å². The van der Waals surface area contributed by atoms with Crippen molar-refractivity contribution in [2.24, 2.45) is 5.92 Å². The van der Waals surface area contributed by atoms with Crippen LogP contribution in [0, 0.1) is 5.92 Å². The van der Waals surface area contributed by atoms with Crippen molar-refractivity contribution in [3.05, 3.63) is 18.2 Å². The van der Waals surface area contributed by atoms with Crippen molar-refractivity contribution in [2.75, 3.05) is 13.1 Å². The van der Waals surface area contributed by atoms with Crippen LogP contribution in [0.25, 0.3) is 11.0 Å². The standard InChI is InChI=1S/C18H27N5O3S/c1-12(2)19-18(24)14-6-5-9-22(11-14)27(25,26)15-7-8-17-16(10-15)20-21-23(17)13(3)4/h7-8,10,12-14H,5-6,9,11H2,1-4H3,(H,19,24). The van der Waals surface area contributed by atoms with E-state index in [2.05, 4.69) is 15.6 Å². The summed E-state index contributed by atoms with van der Waals surface area (Å²) in [7, 11) is -3.68. The van der Waals surface area contributed by atoms with Gasteiger partial charge < -0.3 is 5.32 Å². The van der Waals surface area contributed by atoms with Gasteiger partial charge in [-0.3, -0.25) is 4.79 Å².